The number of ether oxygens (including phenoxy) is 1. The summed E-state index contributed by atoms with van der Waals surface area (Å²) in [7, 11) is 1.50. The maximum absolute atomic E-state index is 11.8. The van der Waals surface area contributed by atoms with E-state index in [-0.39, 0.29) is 19.1 Å². The summed E-state index contributed by atoms with van der Waals surface area (Å²) in [6.07, 6.45) is -0.692. The number of aromatic nitrogens is 2. The van der Waals surface area contributed by atoms with Gasteiger partial charge in [0.15, 0.2) is 0 Å². The van der Waals surface area contributed by atoms with E-state index < -0.39 is 6.10 Å². The maximum Gasteiger partial charge on any atom is 0.269 e. The highest BCUT2D eigenvalue weighted by molar-refractivity contribution is 5.92. The molecule has 96 valence electrons. The van der Waals surface area contributed by atoms with Gasteiger partial charge in [0.1, 0.15) is 5.69 Å². The van der Waals surface area contributed by atoms with Crippen LogP contribution in [0.2, 0.25) is 0 Å². The summed E-state index contributed by atoms with van der Waals surface area (Å²) >= 11 is 0. The van der Waals surface area contributed by atoms with Gasteiger partial charge in [-0.25, -0.2) is 0 Å². The van der Waals surface area contributed by atoms with Crippen LogP contribution in [0, 0.1) is 6.92 Å². The zero-order chi connectivity index (χ0) is 12.8. The van der Waals surface area contributed by atoms with Crippen molar-refractivity contribution in [1.82, 2.24) is 15.1 Å². The minimum absolute atomic E-state index is 0.167. The first-order chi connectivity index (χ1) is 8.08. The van der Waals surface area contributed by atoms with E-state index in [1.54, 1.807) is 10.7 Å². The van der Waals surface area contributed by atoms with E-state index in [0.29, 0.717) is 12.2 Å². The molecule has 0 aliphatic heterocycles. The second-order valence-corrected chi connectivity index (χ2v) is 3.81. The normalized spacial score (nSPS) is 12.5. The number of carbonyl (C=O) groups is 1. The summed E-state index contributed by atoms with van der Waals surface area (Å²) in [6.45, 7) is 4.76. The number of aliphatic hydroxyl groups excluding tert-OH is 1. The second-order valence-electron chi connectivity index (χ2n) is 3.81. The lowest BCUT2D eigenvalue weighted by Crippen LogP contribution is -2.35. The first kappa shape index (κ1) is 13.7. The smallest absolute Gasteiger partial charge is 0.269 e. The van der Waals surface area contributed by atoms with Gasteiger partial charge in [-0.05, 0) is 19.9 Å². The largest absolute Gasteiger partial charge is 0.389 e. The van der Waals surface area contributed by atoms with Crippen LogP contribution in [-0.4, -0.2) is 47.2 Å². The van der Waals surface area contributed by atoms with Crippen LogP contribution in [-0.2, 0) is 11.3 Å². The molecule has 6 nitrogen and oxygen atoms in total. The van der Waals surface area contributed by atoms with E-state index in [1.165, 1.54) is 7.11 Å². The molecule has 0 bridgehead atoms. The minimum atomic E-state index is -0.692. The van der Waals surface area contributed by atoms with Gasteiger partial charge in [0, 0.05) is 20.2 Å². The average molecular weight is 241 g/mol. The monoisotopic (exact) mass is 241 g/mol. The third-order valence-corrected chi connectivity index (χ3v) is 2.29. The van der Waals surface area contributed by atoms with Crippen molar-refractivity contribution in [2.24, 2.45) is 0 Å². The number of methoxy groups -OCH3 is 1. The number of aliphatic hydroxyl groups is 1. The molecular weight excluding hydrogens is 222 g/mol. The quantitative estimate of drug-likeness (QED) is 0.732. The van der Waals surface area contributed by atoms with Crippen molar-refractivity contribution in [3.05, 3.63) is 17.5 Å². The van der Waals surface area contributed by atoms with Crippen molar-refractivity contribution in [2.45, 2.75) is 26.5 Å². The van der Waals surface area contributed by atoms with Crippen LogP contribution in [0.5, 0.6) is 0 Å². The molecule has 0 aliphatic carbocycles. The number of nitrogens with zero attached hydrogens (tertiary/aromatic N) is 2. The van der Waals surface area contributed by atoms with Crippen LogP contribution in [0.3, 0.4) is 0 Å². The van der Waals surface area contributed by atoms with Gasteiger partial charge in [0.2, 0.25) is 0 Å². The third-order valence-electron chi connectivity index (χ3n) is 2.29. The Labute approximate surface area is 101 Å². The summed E-state index contributed by atoms with van der Waals surface area (Å²) < 4.78 is 6.40. The molecule has 1 atom stereocenters. The molecule has 0 fully saturated rings. The Morgan fingerprint density at radius 2 is 2.41 bits per heavy atom. The first-order valence-electron chi connectivity index (χ1n) is 5.58. The maximum atomic E-state index is 11.8. The van der Waals surface area contributed by atoms with E-state index in [9.17, 15) is 9.90 Å². The summed E-state index contributed by atoms with van der Waals surface area (Å²) in [6, 6.07) is 1.72. The number of nitrogens with one attached hydrogen (secondary N) is 1. The van der Waals surface area contributed by atoms with Crippen LogP contribution in [0.4, 0.5) is 0 Å². The van der Waals surface area contributed by atoms with E-state index >= 15 is 0 Å². The molecule has 0 aromatic carbocycles. The molecule has 0 spiro atoms. The Hall–Kier alpha value is -1.40. The third kappa shape index (κ3) is 3.83. The van der Waals surface area contributed by atoms with Crippen LogP contribution in [0.1, 0.15) is 23.1 Å². The Bertz CT molecular complexity index is 376. The molecule has 1 unspecified atom stereocenters. The van der Waals surface area contributed by atoms with E-state index in [4.69, 9.17) is 4.74 Å². The molecular formula is C11H19N3O3. The second kappa shape index (κ2) is 6.36. The number of rotatable bonds is 6. The lowest BCUT2D eigenvalue weighted by Gasteiger charge is -2.11. The summed E-state index contributed by atoms with van der Waals surface area (Å²) in [5.41, 5.74) is 1.31. The molecule has 2 N–H and O–H groups in total. The highest BCUT2D eigenvalue weighted by atomic mass is 16.5. The SMILES string of the molecule is CCn1nc(C)cc1C(=O)NCC(O)COC. The molecule has 0 saturated carbocycles. The molecule has 1 aromatic rings. The summed E-state index contributed by atoms with van der Waals surface area (Å²) in [5, 5.41) is 16.2. The van der Waals surface area contributed by atoms with Crippen molar-refractivity contribution in [3.63, 3.8) is 0 Å². The molecule has 17 heavy (non-hydrogen) atoms. The molecule has 6 heteroatoms. The Morgan fingerprint density at radius 3 is 3.00 bits per heavy atom. The minimum Gasteiger partial charge on any atom is -0.389 e. The first-order valence-corrected chi connectivity index (χ1v) is 5.58. The van der Waals surface area contributed by atoms with Crippen LogP contribution in [0.25, 0.3) is 0 Å². The fourth-order valence-electron chi connectivity index (χ4n) is 1.52. The number of carbonyl (C=O) groups excluding carboxylic acids is 1. The highest BCUT2D eigenvalue weighted by Crippen LogP contribution is 2.03. The molecule has 0 saturated heterocycles. The fourth-order valence-corrected chi connectivity index (χ4v) is 1.52. The number of hydrogen-bond acceptors (Lipinski definition) is 4. The van der Waals surface area contributed by atoms with Crippen LogP contribution >= 0.6 is 0 Å². The van der Waals surface area contributed by atoms with Gasteiger partial charge in [-0.3, -0.25) is 9.48 Å². The van der Waals surface area contributed by atoms with E-state index in [2.05, 4.69) is 10.4 Å². The molecule has 0 radical (unpaired) electrons. The number of aryl methyl sites for hydroxylation is 2. The van der Waals surface area contributed by atoms with Gasteiger partial charge in [0.25, 0.3) is 5.91 Å². The average Bonchev–Trinajstić information content (AvgIpc) is 2.68. The van der Waals surface area contributed by atoms with Crippen molar-refractivity contribution in [2.75, 3.05) is 20.3 Å². The predicted octanol–water partition coefficient (Wildman–Crippen LogP) is -0.0515. The van der Waals surface area contributed by atoms with Crippen molar-refractivity contribution < 1.29 is 14.6 Å². The van der Waals surface area contributed by atoms with Gasteiger partial charge in [-0.1, -0.05) is 0 Å². The van der Waals surface area contributed by atoms with Crippen LogP contribution in [0.15, 0.2) is 6.07 Å². The standard InChI is InChI=1S/C11H19N3O3/c1-4-14-10(5-8(2)13-14)11(16)12-6-9(15)7-17-3/h5,9,15H,4,6-7H2,1-3H3,(H,12,16). The number of amides is 1. The molecule has 1 heterocycles. The summed E-state index contributed by atoms with van der Waals surface area (Å²) in [5.74, 6) is -0.234. The van der Waals surface area contributed by atoms with Gasteiger partial charge in [-0.15, -0.1) is 0 Å². The Balaban J connectivity index is 2.57. The van der Waals surface area contributed by atoms with Crippen molar-refractivity contribution in [1.29, 1.82) is 0 Å². The molecule has 1 rings (SSSR count). The Kier molecular flexibility index (Phi) is 5.11. The topological polar surface area (TPSA) is 76.4 Å². The zero-order valence-electron chi connectivity index (χ0n) is 10.4. The lowest BCUT2D eigenvalue weighted by atomic mass is 10.3. The van der Waals surface area contributed by atoms with Gasteiger partial charge >= 0.3 is 0 Å². The zero-order valence-corrected chi connectivity index (χ0v) is 10.4. The van der Waals surface area contributed by atoms with Gasteiger partial charge < -0.3 is 15.2 Å². The summed E-state index contributed by atoms with van der Waals surface area (Å²) in [4.78, 5) is 11.8. The predicted molar refractivity (Wildman–Crippen MR) is 62.9 cm³/mol. The molecule has 1 aromatic heterocycles. The van der Waals surface area contributed by atoms with E-state index in [0.717, 1.165) is 5.69 Å². The van der Waals surface area contributed by atoms with E-state index in [1.807, 2.05) is 13.8 Å². The highest BCUT2D eigenvalue weighted by Gasteiger charge is 2.14. The Morgan fingerprint density at radius 1 is 1.71 bits per heavy atom. The van der Waals surface area contributed by atoms with Crippen LogP contribution < -0.4 is 5.32 Å². The van der Waals surface area contributed by atoms with Crippen molar-refractivity contribution >= 4 is 5.91 Å². The number of hydrogen-bond donors (Lipinski definition) is 2. The molecule has 1 amide bonds. The van der Waals surface area contributed by atoms with Gasteiger partial charge in [0.05, 0.1) is 18.4 Å². The van der Waals surface area contributed by atoms with Gasteiger partial charge in [-0.2, -0.15) is 5.10 Å². The van der Waals surface area contributed by atoms with Crippen molar-refractivity contribution in [3.8, 4) is 0 Å². The fraction of sp³-hybridized carbons (Fsp3) is 0.636. The lowest BCUT2D eigenvalue weighted by molar-refractivity contribution is 0.0607. The molecule has 0 aliphatic rings.